The van der Waals surface area contributed by atoms with Crippen LogP contribution in [0.1, 0.15) is 24.2 Å². The summed E-state index contributed by atoms with van der Waals surface area (Å²) in [5.74, 6) is 0.226. The van der Waals surface area contributed by atoms with E-state index in [1.165, 1.54) is 11.8 Å². The first kappa shape index (κ1) is 19.6. The number of nitrogens with zero attached hydrogens (tertiary/aromatic N) is 5. The van der Waals surface area contributed by atoms with Gasteiger partial charge in [-0.1, -0.05) is 30.0 Å². The lowest BCUT2D eigenvalue weighted by atomic mass is 10.1. The van der Waals surface area contributed by atoms with Gasteiger partial charge in [0.15, 0.2) is 16.6 Å². The van der Waals surface area contributed by atoms with Crippen LogP contribution in [0.3, 0.4) is 0 Å². The highest BCUT2D eigenvalue weighted by molar-refractivity contribution is 7.99. The average molecular weight is 432 g/mol. The van der Waals surface area contributed by atoms with Crippen LogP contribution in [-0.4, -0.2) is 35.3 Å². The molecule has 2 aromatic carbocycles. The summed E-state index contributed by atoms with van der Waals surface area (Å²) in [6.45, 7) is 5.04. The number of pyridine rings is 1. The van der Waals surface area contributed by atoms with E-state index in [4.69, 9.17) is 0 Å². The largest absolute Gasteiger partial charge is 0.329 e. The Balaban J connectivity index is 1.47. The zero-order valence-electron chi connectivity index (χ0n) is 17.3. The molecule has 0 amide bonds. The lowest BCUT2D eigenvalue weighted by Crippen LogP contribution is -2.23. The highest BCUT2D eigenvalue weighted by Gasteiger charge is 2.16. The summed E-state index contributed by atoms with van der Waals surface area (Å²) in [6, 6.07) is 17.5. The predicted molar refractivity (Wildman–Crippen MR) is 123 cm³/mol. The molecule has 0 aliphatic carbocycles. The van der Waals surface area contributed by atoms with E-state index in [2.05, 4.69) is 10.2 Å². The van der Waals surface area contributed by atoms with Crippen molar-refractivity contribution in [3.8, 4) is 0 Å². The molecule has 0 radical (unpaired) electrons. The van der Waals surface area contributed by atoms with Gasteiger partial charge in [-0.25, -0.2) is 4.79 Å². The van der Waals surface area contributed by atoms with Crippen molar-refractivity contribution in [3.05, 3.63) is 70.6 Å². The van der Waals surface area contributed by atoms with Crippen molar-refractivity contribution in [1.82, 2.24) is 23.7 Å². The van der Waals surface area contributed by atoms with Crippen molar-refractivity contribution in [2.45, 2.75) is 32.1 Å². The van der Waals surface area contributed by atoms with Crippen LogP contribution in [0.25, 0.3) is 27.6 Å². The standard InChI is InChI=1S/C23H21N5O2S/c1-3-26-18-11-9-16(13-19(18)27(4-2)23(26)30)20(29)14-31-22-25-24-21-12-10-15-7-5-6-8-17(15)28(21)22/h5-13H,3-4,14H2,1-2H3. The van der Waals surface area contributed by atoms with Crippen molar-refractivity contribution < 1.29 is 4.79 Å². The van der Waals surface area contributed by atoms with Crippen molar-refractivity contribution in [1.29, 1.82) is 0 Å². The summed E-state index contributed by atoms with van der Waals surface area (Å²) in [5.41, 5.74) is 3.96. The predicted octanol–water partition coefficient (Wildman–Crippen LogP) is 4.01. The van der Waals surface area contributed by atoms with E-state index >= 15 is 0 Å². The zero-order chi connectivity index (χ0) is 21.5. The molecule has 7 nitrogen and oxygen atoms in total. The maximum absolute atomic E-state index is 13.0. The number of carbonyl (C=O) groups excluding carboxylic acids is 1. The molecule has 3 heterocycles. The number of hydrogen-bond donors (Lipinski definition) is 0. The van der Waals surface area contributed by atoms with Gasteiger partial charge in [0, 0.05) is 18.7 Å². The Morgan fingerprint density at radius 2 is 1.68 bits per heavy atom. The molecule has 0 unspecified atom stereocenters. The molecule has 0 saturated heterocycles. The number of benzene rings is 2. The Labute approximate surface area is 182 Å². The molecule has 31 heavy (non-hydrogen) atoms. The molecule has 0 N–H and O–H groups in total. The van der Waals surface area contributed by atoms with Crippen LogP contribution in [0.4, 0.5) is 0 Å². The smallest absolute Gasteiger partial charge is 0.293 e. The quantitative estimate of drug-likeness (QED) is 0.300. The number of para-hydroxylation sites is 1. The van der Waals surface area contributed by atoms with Crippen LogP contribution < -0.4 is 5.69 Å². The maximum atomic E-state index is 13.0. The fourth-order valence-electron chi connectivity index (χ4n) is 4.02. The maximum Gasteiger partial charge on any atom is 0.329 e. The number of carbonyl (C=O) groups is 1. The number of aryl methyl sites for hydroxylation is 2. The van der Waals surface area contributed by atoms with Gasteiger partial charge in [0.25, 0.3) is 0 Å². The number of rotatable bonds is 6. The van der Waals surface area contributed by atoms with Gasteiger partial charge in [0.05, 0.1) is 22.3 Å². The van der Waals surface area contributed by atoms with Gasteiger partial charge >= 0.3 is 5.69 Å². The van der Waals surface area contributed by atoms with E-state index in [0.717, 1.165) is 27.6 Å². The summed E-state index contributed by atoms with van der Waals surface area (Å²) >= 11 is 1.37. The molecule has 8 heteroatoms. The normalized spacial score (nSPS) is 11.7. The second-order valence-corrected chi connectivity index (χ2v) is 8.20. The molecule has 5 rings (SSSR count). The molecule has 0 aliphatic rings. The van der Waals surface area contributed by atoms with Crippen LogP contribution in [0.5, 0.6) is 0 Å². The van der Waals surface area contributed by atoms with E-state index in [0.29, 0.717) is 23.8 Å². The Hall–Kier alpha value is -3.39. The highest BCUT2D eigenvalue weighted by atomic mass is 32.2. The van der Waals surface area contributed by atoms with Crippen molar-refractivity contribution >= 4 is 45.1 Å². The van der Waals surface area contributed by atoms with Crippen molar-refractivity contribution in [2.75, 3.05) is 5.75 Å². The van der Waals surface area contributed by atoms with E-state index in [-0.39, 0.29) is 17.2 Å². The SMILES string of the molecule is CCn1c(=O)n(CC)c2cc(C(=O)CSc3nnc4ccc5ccccc5n34)ccc21. The monoisotopic (exact) mass is 431 g/mol. The molecular formula is C23H21N5O2S. The lowest BCUT2D eigenvalue weighted by Gasteiger charge is -2.05. The zero-order valence-corrected chi connectivity index (χ0v) is 18.1. The van der Waals surface area contributed by atoms with E-state index in [9.17, 15) is 9.59 Å². The van der Waals surface area contributed by atoms with Crippen LogP contribution in [-0.2, 0) is 13.1 Å². The second kappa shape index (κ2) is 7.70. The third-order valence-electron chi connectivity index (χ3n) is 5.55. The fraction of sp³-hybridized carbons (Fsp3) is 0.217. The number of aromatic nitrogens is 5. The number of Topliss-reactive ketones (excluding diaryl/α,β-unsaturated/α-hetero) is 1. The number of imidazole rings is 1. The first-order chi connectivity index (χ1) is 15.1. The number of thioether (sulfide) groups is 1. The van der Waals surface area contributed by atoms with Gasteiger partial charge in [-0.05, 0) is 55.6 Å². The molecule has 0 atom stereocenters. The average Bonchev–Trinajstić information content (AvgIpc) is 3.34. The number of hydrogen-bond acceptors (Lipinski definition) is 5. The highest BCUT2D eigenvalue weighted by Crippen LogP contribution is 2.24. The number of ketones is 1. The van der Waals surface area contributed by atoms with Crippen LogP contribution >= 0.6 is 11.8 Å². The van der Waals surface area contributed by atoms with Crippen LogP contribution in [0.15, 0.2) is 64.5 Å². The van der Waals surface area contributed by atoms with Gasteiger partial charge < -0.3 is 0 Å². The first-order valence-corrected chi connectivity index (χ1v) is 11.2. The van der Waals surface area contributed by atoms with Crippen molar-refractivity contribution in [3.63, 3.8) is 0 Å². The van der Waals surface area contributed by atoms with Crippen molar-refractivity contribution in [2.24, 2.45) is 0 Å². The summed E-state index contributed by atoms with van der Waals surface area (Å²) < 4.78 is 5.42. The molecule has 0 bridgehead atoms. The first-order valence-electron chi connectivity index (χ1n) is 10.2. The molecule has 0 spiro atoms. The Kier molecular flexibility index (Phi) is 4.86. The molecule has 0 fully saturated rings. The molecule has 0 saturated carbocycles. The van der Waals surface area contributed by atoms with E-state index in [1.807, 2.05) is 66.8 Å². The summed E-state index contributed by atoms with van der Waals surface area (Å²) in [4.78, 5) is 25.5. The topological polar surface area (TPSA) is 74.2 Å². The minimum absolute atomic E-state index is 0.0109. The number of fused-ring (bicyclic) bond motifs is 4. The Morgan fingerprint density at radius 3 is 2.48 bits per heavy atom. The minimum atomic E-state index is -0.0409. The Morgan fingerprint density at radius 1 is 0.903 bits per heavy atom. The van der Waals surface area contributed by atoms with Gasteiger partial charge in [-0.15, -0.1) is 10.2 Å². The fourth-order valence-corrected chi connectivity index (χ4v) is 4.87. The molecule has 5 aromatic rings. The molecule has 3 aromatic heterocycles. The van der Waals surface area contributed by atoms with Crippen LogP contribution in [0, 0.1) is 0 Å². The molecular weight excluding hydrogens is 410 g/mol. The second-order valence-electron chi connectivity index (χ2n) is 7.25. The van der Waals surface area contributed by atoms with Gasteiger partial charge in [0.2, 0.25) is 0 Å². The van der Waals surface area contributed by atoms with Gasteiger partial charge in [-0.2, -0.15) is 0 Å². The minimum Gasteiger partial charge on any atom is -0.293 e. The summed E-state index contributed by atoms with van der Waals surface area (Å²) in [7, 11) is 0. The third-order valence-corrected chi connectivity index (χ3v) is 6.48. The Bertz CT molecular complexity index is 1510. The summed E-state index contributed by atoms with van der Waals surface area (Å²) in [6.07, 6.45) is 0. The van der Waals surface area contributed by atoms with E-state index < -0.39 is 0 Å². The van der Waals surface area contributed by atoms with Gasteiger partial charge in [0.1, 0.15) is 0 Å². The van der Waals surface area contributed by atoms with Gasteiger partial charge in [-0.3, -0.25) is 18.3 Å². The molecule has 0 aliphatic heterocycles. The van der Waals surface area contributed by atoms with Crippen LogP contribution in [0.2, 0.25) is 0 Å². The van der Waals surface area contributed by atoms with E-state index in [1.54, 1.807) is 15.2 Å². The molecule has 156 valence electrons. The lowest BCUT2D eigenvalue weighted by molar-refractivity contribution is 0.102. The third kappa shape index (κ3) is 3.14. The summed E-state index contributed by atoms with van der Waals surface area (Å²) in [5, 5.41) is 10.3.